The molecule has 0 bridgehead atoms. The van der Waals surface area contributed by atoms with Crippen molar-refractivity contribution in [1.29, 1.82) is 0 Å². The third kappa shape index (κ3) is 3.57. The summed E-state index contributed by atoms with van der Waals surface area (Å²) in [7, 11) is 0. The van der Waals surface area contributed by atoms with E-state index in [0.29, 0.717) is 0 Å². The van der Waals surface area contributed by atoms with Gasteiger partial charge in [0.05, 0.1) is 5.56 Å². The maximum absolute atomic E-state index is 12.2. The Bertz CT molecular complexity index is 467. The Hall–Kier alpha value is -0.870. The smallest absolute Gasteiger partial charge is 0.252 e. The van der Waals surface area contributed by atoms with Crippen LogP contribution in [0.4, 0.5) is 0 Å². The van der Waals surface area contributed by atoms with E-state index >= 15 is 0 Å². The van der Waals surface area contributed by atoms with Crippen LogP contribution in [-0.4, -0.2) is 25.5 Å². The molecule has 1 aromatic rings. The Balaban J connectivity index is 1.99. The van der Waals surface area contributed by atoms with Crippen molar-refractivity contribution in [1.82, 2.24) is 10.6 Å². The van der Waals surface area contributed by atoms with E-state index in [0.717, 1.165) is 48.1 Å². The summed E-state index contributed by atoms with van der Waals surface area (Å²) < 4.78 is 0.892. The number of rotatable bonds is 3. The van der Waals surface area contributed by atoms with Gasteiger partial charge in [0.15, 0.2) is 0 Å². The van der Waals surface area contributed by atoms with Crippen LogP contribution >= 0.6 is 15.9 Å². The first-order chi connectivity index (χ1) is 9.02. The second-order valence-corrected chi connectivity index (χ2v) is 6.47. The lowest BCUT2D eigenvalue weighted by Gasteiger charge is -2.34. The summed E-state index contributed by atoms with van der Waals surface area (Å²) in [6.07, 6.45) is 2.23. The molecule has 104 valence electrons. The average Bonchev–Trinajstić information content (AvgIpc) is 2.40. The zero-order valence-electron chi connectivity index (χ0n) is 11.6. The van der Waals surface area contributed by atoms with Crippen LogP contribution in [0.2, 0.25) is 0 Å². The molecule has 0 saturated carbocycles. The Labute approximate surface area is 123 Å². The van der Waals surface area contributed by atoms with Gasteiger partial charge >= 0.3 is 0 Å². The standard InChI is InChI=1S/C15H21BrN2O/c1-11-4-3-5-12(13(11)16)14(19)18-10-15(2)6-8-17-9-7-15/h3-5,17H,6-10H2,1-2H3,(H,18,19). The molecule has 0 aliphatic carbocycles. The van der Waals surface area contributed by atoms with Crippen molar-refractivity contribution < 1.29 is 4.79 Å². The summed E-state index contributed by atoms with van der Waals surface area (Å²) in [4.78, 5) is 12.2. The number of amides is 1. The van der Waals surface area contributed by atoms with E-state index in [2.05, 4.69) is 33.5 Å². The number of hydrogen-bond donors (Lipinski definition) is 2. The fraction of sp³-hybridized carbons (Fsp3) is 0.533. The molecular weight excluding hydrogens is 304 g/mol. The van der Waals surface area contributed by atoms with Crippen molar-refractivity contribution in [3.8, 4) is 0 Å². The number of aryl methyl sites for hydroxylation is 1. The van der Waals surface area contributed by atoms with Crippen LogP contribution in [0.15, 0.2) is 22.7 Å². The van der Waals surface area contributed by atoms with E-state index in [1.807, 2.05) is 25.1 Å². The number of carbonyl (C=O) groups excluding carboxylic acids is 1. The average molecular weight is 325 g/mol. The molecule has 1 heterocycles. The SMILES string of the molecule is Cc1cccc(C(=O)NCC2(C)CCNCC2)c1Br. The zero-order chi connectivity index (χ0) is 13.9. The van der Waals surface area contributed by atoms with Crippen molar-refractivity contribution in [2.24, 2.45) is 5.41 Å². The van der Waals surface area contributed by atoms with Crippen LogP contribution in [0.1, 0.15) is 35.7 Å². The van der Waals surface area contributed by atoms with Crippen molar-refractivity contribution in [2.75, 3.05) is 19.6 Å². The molecular formula is C15H21BrN2O. The number of nitrogens with one attached hydrogen (secondary N) is 2. The van der Waals surface area contributed by atoms with Gasteiger partial charge in [0.25, 0.3) is 5.91 Å². The van der Waals surface area contributed by atoms with Gasteiger partial charge in [-0.1, -0.05) is 19.1 Å². The van der Waals surface area contributed by atoms with E-state index in [-0.39, 0.29) is 11.3 Å². The van der Waals surface area contributed by atoms with E-state index < -0.39 is 0 Å². The Morgan fingerprint density at radius 1 is 1.42 bits per heavy atom. The molecule has 0 unspecified atom stereocenters. The lowest BCUT2D eigenvalue weighted by atomic mass is 9.81. The minimum atomic E-state index is 0.00957. The summed E-state index contributed by atoms with van der Waals surface area (Å²) in [5.74, 6) is 0.00957. The molecule has 1 aliphatic heterocycles. The largest absolute Gasteiger partial charge is 0.351 e. The topological polar surface area (TPSA) is 41.1 Å². The summed E-state index contributed by atoms with van der Waals surface area (Å²) in [6.45, 7) is 7.07. The first-order valence-electron chi connectivity index (χ1n) is 6.76. The first kappa shape index (κ1) is 14.5. The van der Waals surface area contributed by atoms with E-state index in [1.165, 1.54) is 0 Å². The maximum atomic E-state index is 12.2. The molecule has 0 atom stereocenters. The number of hydrogen-bond acceptors (Lipinski definition) is 2. The fourth-order valence-corrected chi connectivity index (χ4v) is 2.86. The highest BCUT2D eigenvalue weighted by atomic mass is 79.9. The summed E-state index contributed by atoms with van der Waals surface area (Å²) in [5, 5.41) is 6.44. The van der Waals surface area contributed by atoms with Crippen LogP contribution in [0, 0.1) is 12.3 Å². The third-order valence-corrected chi connectivity index (χ3v) is 4.98. The predicted octanol–water partition coefficient (Wildman–Crippen LogP) is 2.88. The molecule has 1 aliphatic rings. The van der Waals surface area contributed by atoms with Gasteiger partial charge in [0, 0.05) is 11.0 Å². The molecule has 0 spiro atoms. The molecule has 4 heteroatoms. The number of halogens is 1. The molecule has 2 N–H and O–H groups in total. The molecule has 19 heavy (non-hydrogen) atoms. The highest BCUT2D eigenvalue weighted by molar-refractivity contribution is 9.10. The molecule has 1 saturated heterocycles. The minimum absolute atomic E-state index is 0.00957. The second kappa shape index (κ2) is 6.06. The quantitative estimate of drug-likeness (QED) is 0.897. The second-order valence-electron chi connectivity index (χ2n) is 5.68. The molecule has 1 aromatic carbocycles. The minimum Gasteiger partial charge on any atom is -0.351 e. The molecule has 2 rings (SSSR count). The number of benzene rings is 1. The summed E-state index contributed by atoms with van der Waals surface area (Å²) in [6, 6.07) is 5.77. The molecule has 1 amide bonds. The first-order valence-corrected chi connectivity index (χ1v) is 7.55. The Kier molecular flexibility index (Phi) is 4.63. The molecule has 3 nitrogen and oxygen atoms in total. The van der Waals surface area contributed by atoms with Gasteiger partial charge in [-0.05, 0) is 65.8 Å². The van der Waals surface area contributed by atoms with E-state index in [4.69, 9.17) is 0 Å². The van der Waals surface area contributed by atoms with Crippen molar-refractivity contribution >= 4 is 21.8 Å². The van der Waals surface area contributed by atoms with Crippen molar-refractivity contribution in [2.45, 2.75) is 26.7 Å². The molecule has 1 fully saturated rings. The maximum Gasteiger partial charge on any atom is 0.252 e. The van der Waals surface area contributed by atoms with Gasteiger partial charge in [0.1, 0.15) is 0 Å². The highest BCUT2D eigenvalue weighted by Crippen LogP contribution is 2.27. The normalized spacial score (nSPS) is 18.1. The van der Waals surface area contributed by atoms with Crippen molar-refractivity contribution in [3.63, 3.8) is 0 Å². The summed E-state index contributed by atoms with van der Waals surface area (Å²) in [5.41, 5.74) is 2.02. The van der Waals surface area contributed by atoms with Crippen LogP contribution in [0.3, 0.4) is 0 Å². The van der Waals surface area contributed by atoms with Crippen molar-refractivity contribution in [3.05, 3.63) is 33.8 Å². The third-order valence-electron chi connectivity index (χ3n) is 3.92. The van der Waals surface area contributed by atoms with Gasteiger partial charge < -0.3 is 10.6 Å². The lowest BCUT2D eigenvalue weighted by Crippen LogP contribution is -2.43. The molecule has 0 aromatic heterocycles. The number of carbonyl (C=O) groups is 1. The van der Waals surface area contributed by atoms with Gasteiger partial charge in [-0.3, -0.25) is 4.79 Å². The van der Waals surface area contributed by atoms with Gasteiger partial charge in [-0.2, -0.15) is 0 Å². The van der Waals surface area contributed by atoms with Crippen LogP contribution in [0.25, 0.3) is 0 Å². The van der Waals surface area contributed by atoms with Crippen LogP contribution in [0.5, 0.6) is 0 Å². The number of piperidine rings is 1. The predicted molar refractivity (Wildman–Crippen MR) is 81.4 cm³/mol. The lowest BCUT2D eigenvalue weighted by molar-refractivity contribution is 0.0921. The highest BCUT2D eigenvalue weighted by Gasteiger charge is 2.27. The zero-order valence-corrected chi connectivity index (χ0v) is 13.1. The summed E-state index contributed by atoms with van der Waals surface area (Å²) >= 11 is 3.49. The van der Waals surface area contributed by atoms with Crippen LogP contribution in [-0.2, 0) is 0 Å². The fourth-order valence-electron chi connectivity index (χ4n) is 2.42. The van der Waals surface area contributed by atoms with Crippen LogP contribution < -0.4 is 10.6 Å². The Morgan fingerprint density at radius 2 is 2.11 bits per heavy atom. The van der Waals surface area contributed by atoms with Gasteiger partial charge in [0.2, 0.25) is 0 Å². The molecule has 0 radical (unpaired) electrons. The monoisotopic (exact) mass is 324 g/mol. The van der Waals surface area contributed by atoms with E-state index in [1.54, 1.807) is 0 Å². The van der Waals surface area contributed by atoms with Gasteiger partial charge in [-0.25, -0.2) is 0 Å². The van der Waals surface area contributed by atoms with Gasteiger partial charge in [-0.15, -0.1) is 0 Å². The Morgan fingerprint density at radius 3 is 2.79 bits per heavy atom. The van der Waals surface area contributed by atoms with E-state index in [9.17, 15) is 4.79 Å².